The van der Waals surface area contributed by atoms with E-state index in [1.165, 1.54) is 11.0 Å². The zero-order chi connectivity index (χ0) is 25.1. The second-order valence-corrected chi connectivity index (χ2v) is 8.12. The molecule has 0 aliphatic carbocycles. The standard InChI is InChI=1S/C28H27NO6/c1-4-34-21-13-11-20(12-14-21)29-25(19-10-15-22(30)23(16-19)35-5-2)24(27(32)28(29)33)26(31)18-8-6-17(3)7-9-18/h6-16,25,30-31H,4-5H2,1-3H3/b26-24-. The lowest BCUT2D eigenvalue weighted by Gasteiger charge is -2.26. The Morgan fingerprint density at radius 2 is 1.57 bits per heavy atom. The largest absolute Gasteiger partial charge is 0.507 e. The number of Topliss-reactive ketones (excluding diaryl/α,β-unsaturated/α-hetero) is 1. The Labute approximate surface area is 203 Å². The lowest BCUT2D eigenvalue weighted by molar-refractivity contribution is -0.132. The highest BCUT2D eigenvalue weighted by Crippen LogP contribution is 2.44. The van der Waals surface area contributed by atoms with Crippen LogP contribution in [0.2, 0.25) is 0 Å². The minimum Gasteiger partial charge on any atom is -0.507 e. The second kappa shape index (κ2) is 9.93. The van der Waals surface area contributed by atoms with E-state index in [9.17, 15) is 19.8 Å². The van der Waals surface area contributed by atoms with Crippen molar-refractivity contribution in [2.24, 2.45) is 0 Å². The number of nitrogens with zero attached hydrogens (tertiary/aromatic N) is 1. The molecule has 1 unspecified atom stereocenters. The van der Waals surface area contributed by atoms with Gasteiger partial charge in [0.25, 0.3) is 11.7 Å². The third kappa shape index (κ3) is 4.57. The maximum absolute atomic E-state index is 13.3. The molecule has 35 heavy (non-hydrogen) atoms. The van der Waals surface area contributed by atoms with Crippen molar-refractivity contribution in [3.8, 4) is 17.2 Å². The molecule has 7 nitrogen and oxygen atoms in total. The molecular formula is C28H27NO6. The van der Waals surface area contributed by atoms with Crippen molar-refractivity contribution in [3.63, 3.8) is 0 Å². The highest BCUT2D eigenvalue weighted by Gasteiger charge is 2.47. The minimum absolute atomic E-state index is 0.0409. The van der Waals surface area contributed by atoms with Crippen molar-refractivity contribution in [2.75, 3.05) is 18.1 Å². The summed E-state index contributed by atoms with van der Waals surface area (Å²) >= 11 is 0. The van der Waals surface area contributed by atoms with Gasteiger partial charge in [0.2, 0.25) is 0 Å². The number of carbonyl (C=O) groups is 2. The summed E-state index contributed by atoms with van der Waals surface area (Å²) in [5.41, 5.74) is 2.35. The Morgan fingerprint density at radius 1 is 0.914 bits per heavy atom. The van der Waals surface area contributed by atoms with Crippen LogP contribution in [0.1, 0.15) is 36.6 Å². The monoisotopic (exact) mass is 473 g/mol. The predicted molar refractivity (Wildman–Crippen MR) is 133 cm³/mol. The van der Waals surface area contributed by atoms with Gasteiger partial charge in [0.1, 0.15) is 11.5 Å². The highest BCUT2D eigenvalue weighted by atomic mass is 16.5. The number of aromatic hydroxyl groups is 1. The zero-order valence-electron chi connectivity index (χ0n) is 19.8. The first-order chi connectivity index (χ1) is 16.8. The van der Waals surface area contributed by atoms with Gasteiger partial charge < -0.3 is 19.7 Å². The number of rotatable bonds is 7. The minimum atomic E-state index is -0.936. The quantitative estimate of drug-likeness (QED) is 0.281. The first-order valence-electron chi connectivity index (χ1n) is 11.4. The smallest absolute Gasteiger partial charge is 0.300 e. The van der Waals surface area contributed by atoms with Gasteiger partial charge in [-0.25, -0.2) is 0 Å². The molecule has 0 bridgehead atoms. The number of hydrogen-bond donors (Lipinski definition) is 2. The summed E-state index contributed by atoms with van der Waals surface area (Å²) in [5.74, 6) is -1.04. The summed E-state index contributed by atoms with van der Waals surface area (Å²) in [6.07, 6.45) is 0. The molecule has 4 rings (SSSR count). The highest BCUT2D eigenvalue weighted by molar-refractivity contribution is 6.51. The average Bonchev–Trinajstić information content (AvgIpc) is 3.12. The van der Waals surface area contributed by atoms with Crippen molar-refractivity contribution < 1.29 is 29.3 Å². The number of ether oxygens (including phenoxy) is 2. The van der Waals surface area contributed by atoms with Gasteiger partial charge in [0.05, 0.1) is 24.8 Å². The lowest BCUT2D eigenvalue weighted by Crippen LogP contribution is -2.29. The van der Waals surface area contributed by atoms with E-state index in [2.05, 4.69) is 0 Å². The number of hydrogen-bond acceptors (Lipinski definition) is 6. The van der Waals surface area contributed by atoms with Gasteiger partial charge >= 0.3 is 0 Å². The molecule has 180 valence electrons. The fraction of sp³-hybridized carbons (Fsp3) is 0.214. The molecule has 1 aliphatic rings. The van der Waals surface area contributed by atoms with Crippen LogP contribution in [0.3, 0.4) is 0 Å². The van der Waals surface area contributed by atoms with E-state index in [0.29, 0.717) is 35.8 Å². The van der Waals surface area contributed by atoms with E-state index in [-0.39, 0.29) is 22.8 Å². The Kier molecular flexibility index (Phi) is 6.78. The molecule has 1 amide bonds. The molecule has 7 heteroatoms. The maximum Gasteiger partial charge on any atom is 0.300 e. The van der Waals surface area contributed by atoms with Crippen molar-refractivity contribution in [3.05, 3.63) is 89.0 Å². The summed E-state index contributed by atoms with van der Waals surface area (Å²) in [4.78, 5) is 27.9. The van der Waals surface area contributed by atoms with Crippen LogP contribution in [0, 0.1) is 6.92 Å². The van der Waals surface area contributed by atoms with Crippen molar-refractivity contribution in [1.29, 1.82) is 0 Å². The molecule has 0 saturated carbocycles. The van der Waals surface area contributed by atoms with E-state index in [1.54, 1.807) is 55.5 Å². The second-order valence-electron chi connectivity index (χ2n) is 8.12. The van der Waals surface area contributed by atoms with Gasteiger partial charge in [0.15, 0.2) is 11.5 Å². The molecule has 1 fully saturated rings. The van der Waals surface area contributed by atoms with Crippen molar-refractivity contribution in [1.82, 2.24) is 0 Å². The third-order valence-corrected chi connectivity index (χ3v) is 5.79. The van der Waals surface area contributed by atoms with Crippen molar-refractivity contribution in [2.45, 2.75) is 26.8 Å². The molecule has 0 radical (unpaired) electrons. The Bertz CT molecular complexity index is 1280. The number of phenols is 1. The molecule has 0 aromatic heterocycles. The Balaban J connectivity index is 1.91. The number of aliphatic hydroxyl groups excluding tert-OH is 1. The van der Waals surface area contributed by atoms with Gasteiger partial charge in [-0.3, -0.25) is 14.5 Å². The summed E-state index contributed by atoms with van der Waals surface area (Å²) in [6.45, 7) is 6.39. The molecule has 3 aromatic carbocycles. The molecule has 2 N–H and O–H groups in total. The van der Waals surface area contributed by atoms with Gasteiger partial charge in [0, 0.05) is 11.3 Å². The number of carbonyl (C=O) groups excluding carboxylic acids is 2. The van der Waals surface area contributed by atoms with E-state index < -0.39 is 17.7 Å². The van der Waals surface area contributed by atoms with Crippen LogP contribution in [0.25, 0.3) is 5.76 Å². The molecule has 3 aromatic rings. The normalized spacial score (nSPS) is 17.0. The number of anilines is 1. The van der Waals surface area contributed by atoms with Gasteiger partial charge in [-0.2, -0.15) is 0 Å². The van der Waals surface area contributed by atoms with Gasteiger partial charge in [-0.1, -0.05) is 35.9 Å². The Morgan fingerprint density at radius 3 is 2.20 bits per heavy atom. The van der Waals surface area contributed by atoms with Gasteiger partial charge in [-0.05, 0) is 62.7 Å². The summed E-state index contributed by atoms with van der Waals surface area (Å²) < 4.78 is 11.0. The van der Waals surface area contributed by atoms with Crippen LogP contribution in [0.5, 0.6) is 17.2 Å². The first kappa shape index (κ1) is 23.9. The van der Waals surface area contributed by atoms with Gasteiger partial charge in [-0.15, -0.1) is 0 Å². The molecule has 1 aliphatic heterocycles. The van der Waals surface area contributed by atoms with Crippen LogP contribution in [-0.4, -0.2) is 35.1 Å². The fourth-order valence-corrected chi connectivity index (χ4v) is 4.12. The summed E-state index contributed by atoms with van der Waals surface area (Å²) in [7, 11) is 0. The number of phenolic OH excluding ortho intramolecular Hbond substituents is 1. The zero-order valence-corrected chi connectivity index (χ0v) is 19.8. The number of ketones is 1. The van der Waals surface area contributed by atoms with E-state index >= 15 is 0 Å². The number of aliphatic hydroxyl groups is 1. The Hall–Kier alpha value is -4.26. The van der Waals surface area contributed by atoms with Crippen LogP contribution < -0.4 is 14.4 Å². The predicted octanol–water partition coefficient (Wildman–Crippen LogP) is 5.12. The molecular weight excluding hydrogens is 446 g/mol. The molecule has 1 atom stereocenters. The SMILES string of the molecule is CCOc1ccc(N2C(=O)C(=O)/C(=C(\O)c3ccc(C)cc3)C2c2ccc(O)c(OCC)c2)cc1. The van der Waals surface area contributed by atoms with E-state index in [4.69, 9.17) is 9.47 Å². The van der Waals surface area contributed by atoms with Crippen LogP contribution in [0.4, 0.5) is 5.69 Å². The average molecular weight is 474 g/mol. The van der Waals surface area contributed by atoms with Crippen LogP contribution >= 0.6 is 0 Å². The van der Waals surface area contributed by atoms with Crippen molar-refractivity contribution >= 4 is 23.1 Å². The topological polar surface area (TPSA) is 96.3 Å². The number of amides is 1. The maximum atomic E-state index is 13.3. The third-order valence-electron chi connectivity index (χ3n) is 5.79. The summed E-state index contributed by atoms with van der Waals surface area (Å²) in [6, 6.07) is 17.6. The fourth-order valence-electron chi connectivity index (χ4n) is 4.12. The lowest BCUT2D eigenvalue weighted by atomic mass is 9.94. The van der Waals surface area contributed by atoms with Crippen LogP contribution in [-0.2, 0) is 9.59 Å². The molecule has 0 spiro atoms. The first-order valence-corrected chi connectivity index (χ1v) is 11.4. The van der Waals surface area contributed by atoms with E-state index in [0.717, 1.165) is 5.56 Å². The number of benzene rings is 3. The molecule has 1 heterocycles. The number of aryl methyl sites for hydroxylation is 1. The van der Waals surface area contributed by atoms with E-state index in [1.807, 2.05) is 26.0 Å². The summed E-state index contributed by atoms with van der Waals surface area (Å²) in [5, 5.41) is 21.4. The van der Waals surface area contributed by atoms with Crippen LogP contribution in [0.15, 0.2) is 72.3 Å². The molecule has 1 saturated heterocycles.